The predicted molar refractivity (Wildman–Crippen MR) is 89.0 cm³/mol. The van der Waals surface area contributed by atoms with Crippen molar-refractivity contribution in [2.45, 2.75) is 39.2 Å². The van der Waals surface area contributed by atoms with Gasteiger partial charge in [-0.1, -0.05) is 6.92 Å². The highest BCUT2D eigenvalue weighted by atomic mass is 32.1. The molecule has 1 N–H and O–H groups in total. The maximum atomic E-state index is 12.8. The zero-order valence-corrected chi connectivity index (χ0v) is 14.0. The average molecular weight is 324 g/mol. The molecule has 2 aromatic rings. The molecule has 0 radical (unpaired) electrons. The molecule has 0 amide bonds. The highest BCUT2D eigenvalue weighted by Crippen LogP contribution is 2.35. The number of thiophene rings is 1. The van der Waals surface area contributed by atoms with Crippen LogP contribution in [0.5, 0.6) is 0 Å². The Bertz CT molecular complexity index is 772. The monoisotopic (exact) mass is 324 g/mol. The van der Waals surface area contributed by atoms with Gasteiger partial charge in [-0.05, 0) is 49.4 Å². The number of aromatic amines is 1. The molecule has 0 bridgehead atoms. The molecule has 1 aliphatic carbocycles. The van der Waals surface area contributed by atoms with Crippen LogP contribution in [-0.4, -0.2) is 23.3 Å². The van der Waals surface area contributed by atoms with E-state index >= 15 is 0 Å². The highest BCUT2D eigenvalue weighted by Gasteiger charge is 2.23. The van der Waals surface area contributed by atoms with E-state index in [-0.39, 0.29) is 5.56 Å². The van der Waals surface area contributed by atoms with Crippen molar-refractivity contribution in [3.8, 4) is 0 Å². The molecule has 3 rings (SSSR count). The molecule has 21 heavy (non-hydrogen) atoms. The van der Waals surface area contributed by atoms with E-state index in [9.17, 15) is 4.79 Å². The third-order valence-corrected chi connectivity index (χ3v) is 5.66. The molecule has 1 aliphatic rings. The standard InChI is InChI=1S/C15H20N2O2S2/c1-9-4-5-10-11(8-9)21-13-12(10)14(18)17(15(20)16-13)6-3-7-19-2/h9H,3-8H2,1-2H3,(H,16,20). The van der Waals surface area contributed by atoms with Crippen LogP contribution in [0, 0.1) is 10.7 Å². The molecule has 6 heteroatoms. The van der Waals surface area contributed by atoms with Gasteiger partial charge in [-0.25, -0.2) is 0 Å². The van der Waals surface area contributed by atoms with Gasteiger partial charge in [0.05, 0.1) is 5.39 Å². The van der Waals surface area contributed by atoms with E-state index in [2.05, 4.69) is 11.9 Å². The number of fused-ring (bicyclic) bond motifs is 3. The largest absolute Gasteiger partial charge is 0.385 e. The number of ether oxygens (including phenoxy) is 1. The molecular formula is C15H20N2O2S2. The van der Waals surface area contributed by atoms with Crippen molar-refractivity contribution in [3.63, 3.8) is 0 Å². The summed E-state index contributed by atoms with van der Waals surface area (Å²) in [6, 6.07) is 0. The molecule has 4 nitrogen and oxygen atoms in total. The minimum atomic E-state index is 0.0666. The van der Waals surface area contributed by atoms with Gasteiger partial charge >= 0.3 is 0 Å². The van der Waals surface area contributed by atoms with Gasteiger partial charge < -0.3 is 9.72 Å². The molecule has 0 fully saturated rings. The second kappa shape index (κ2) is 6.02. The molecule has 0 spiro atoms. The SMILES string of the molecule is COCCCn1c(=S)[nH]c2sc3c(c2c1=O)CCC(C)C3. The normalized spacial score (nSPS) is 18.1. The smallest absolute Gasteiger partial charge is 0.263 e. The summed E-state index contributed by atoms with van der Waals surface area (Å²) in [6.07, 6.45) is 4.05. The fourth-order valence-electron chi connectivity index (χ4n) is 3.03. The molecule has 0 aromatic carbocycles. The first-order chi connectivity index (χ1) is 10.1. The van der Waals surface area contributed by atoms with Crippen LogP contribution in [0.3, 0.4) is 0 Å². The van der Waals surface area contributed by atoms with Crippen molar-refractivity contribution in [3.05, 3.63) is 25.6 Å². The Balaban J connectivity index is 2.11. The van der Waals surface area contributed by atoms with E-state index in [1.54, 1.807) is 23.0 Å². The Morgan fingerprint density at radius 1 is 1.52 bits per heavy atom. The van der Waals surface area contributed by atoms with E-state index in [1.807, 2.05) is 0 Å². The number of aryl methyl sites for hydroxylation is 1. The molecule has 1 unspecified atom stereocenters. The molecule has 2 aromatic heterocycles. The third kappa shape index (κ3) is 2.72. The van der Waals surface area contributed by atoms with Crippen LogP contribution in [0.25, 0.3) is 10.2 Å². The summed E-state index contributed by atoms with van der Waals surface area (Å²) >= 11 is 7.06. The lowest BCUT2D eigenvalue weighted by molar-refractivity contribution is 0.189. The number of H-pyrrole nitrogens is 1. The topological polar surface area (TPSA) is 47.0 Å². The van der Waals surface area contributed by atoms with Crippen LogP contribution in [0.2, 0.25) is 0 Å². The van der Waals surface area contributed by atoms with E-state index in [1.165, 1.54) is 10.4 Å². The number of rotatable bonds is 4. The van der Waals surface area contributed by atoms with E-state index < -0.39 is 0 Å². The Morgan fingerprint density at radius 2 is 2.33 bits per heavy atom. The summed E-state index contributed by atoms with van der Waals surface area (Å²) < 4.78 is 7.27. The maximum absolute atomic E-state index is 12.8. The van der Waals surface area contributed by atoms with Crippen molar-refractivity contribution < 1.29 is 4.74 Å². The summed E-state index contributed by atoms with van der Waals surface area (Å²) in [5.41, 5.74) is 1.32. The lowest BCUT2D eigenvalue weighted by Gasteiger charge is -2.17. The van der Waals surface area contributed by atoms with Gasteiger partial charge in [0.25, 0.3) is 5.56 Å². The summed E-state index contributed by atoms with van der Waals surface area (Å²) in [6.45, 7) is 3.52. The van der Waals surface area contributed by atoms with Crippen molar-refractivity contribution in [1.29, 1.82) is 0 Å². The fraction of sp³-hybridized carbons (Fsp3) is 0.600. The van der Waals surface area contributed by atoms with Gasteiger partial charge in [-0.15, -0.1) is 11.3 Å². The fourth-order valence-corrected chi connectivity index (χ4v) is 4.77. The summed E-state index contributed by atoms with van der Waals surface area (Å²) in [7, 11) is 1.67. The zero-order valence-electron chi connectivity index (χ0n) is 12.4. The number of nitrogens with one attached hydrogen (secondary N) is 1. The Labute approximate surface area is 132 Å². The number of nitrogens with zero attached hydrogens (tertiary/aromatic N) is 1. The quantitative estimate of drug-likeness (QED) is 0.693. The first-order valence-electron chi connectivity index (χ1n) is 7.38. The van der Waals surface area contributed by atoms with Gasteiger partial charge in [-0.3, -0.25) is 9.36 Å². The van der Waals surface area contributed by atoms with Crippen LogP contribution in [-0.2, 0) is 24.1 Å². The maximum Gasteiger partial charge on any atom is 0.263 e. The van der Waals surface area contributed by atoms with Crippen molar-refractivity contribution in [1.82, 2.24) is 9.55 Å². The number of hydrogen-bond donors (Lipinski definition) is 1. The Morgan fingerprint density at radius 3 is 3.10 bits per heavy atom. The van der Waals surface area contributed by atoms with Crippen LogP contribution in [0.1, 0.15) is 30.2 Å². The minimum absolute atomic E-state index is 0.0666. The van der Waals surface area contributed by atoms with Crippen LogP contribution >= 0.6 is 23.6 Å². The van der Waals surface area contributed by atoms with Crippen molar-refractivity contribution >= 4 is 33.8 Å². The molecular weight excluding hydrogens is 304 g/mol. The van der Waals surface area contributed by atoms with E-state index in [0.29, 0.717) is 23.8 Å². The second-order valence-electron chi connectivity index (χ2n) is 5.79. The van der Waals surface area contributed by atoms with Gasteiger partial charge in [0.2, 0.25) is 0 Å². The van der Waals surface area contributed by atoms with Gasteiger partial charge in [-0.2, -0.15) is 0 Å². The number of aromatic nitrogens is 2. The van der Waals surface area contributed by atoms with Crippen molar-refractivity contribution in [2.24, 2.45) is 5.92 Å². The van der Waals surface area contributed by atoms with Crippen LogP contribution < -0.4 is 5.56 Å². The highest BCUT2D eigenvalue weighted by molar-refractivity contribution is 7.71. The Hall–Kier alpha value is -0.980. The van der Waals surface area contributed by atoms with Gasteiger partial charge in [0.15, 0.2) is 4.77 Å². The first kappa shape index (κ1) is 14.9. The lowest BCUT2D eigenvalue weighted by Crippen LogP contribution is -2.23. The minimum Gasteiger partial charge on any atom is -0.385 e. The van der Waals surface area contributed by atoms with Crippen LogP contribution in [0.15, 0.2) is 4.79 Å². The predicted octanol–water partition coefficient (Wildman–Crippen LogP) is 3.28. The lowest BCUT2D eigenvalue weighted by atomic mass is 9.89. The number of methoxy groups -OCH3 is 1. The Kier molecular flexibility index (Phi) is 4.28. The summed E-state index contributed by atoms with van der Waals surface area (Å²) in [4.78, 5) is 18.4. The van der Waals surface area contributed by atoms with Crippen molar-refractivity contribution in [2.75, 3.05) is 13.7 Å². The molecule has 114 valence electrons. The molecule has 0 aliphatic heterocycles. The second-order valence-corrected chi connectivity index (χ2v) is 7.28. The molecule has 0 saturated carbocycles. The summed E-state index contributed by atoms with van der Waals surface area (Å²) in [5.74, 6) is 0.706. The average Bonchev–Trinajstić information content (AvgIpc) is 2.79. The molecule has 1 atom stereocenters. The van der Waals surface area contributed by atoms with Gasteiger partial charge in [0.1, 0.15) is 4.83 Å². The summed E-state index contributed by atoms with van der Waals surface area (Å²) in [5, 5.41) is 0.868. The van der Waals surface area contributed by atoms with E-state index in [0.717, 1.165) is 35.9 Å². The third-order valence-electron chi connectivity index (χ3n) is 4.17. The molecule has 2 heterocycles. The molecule has 0 saturated heterocycles. The first-order valence-corrected chi connectivity index (χ1v) is 8.60. The van der Waals surface area contributed by atoms with Crippen LogP contribution in [0.4, 0.5) is 0 Å². The zero-order chi connectivity index (χ0) is 15.0. The van der Waals surface area contributed by atoms with Gasteiger partial charge in [0, 0.05) is 25.1 Å². The number of hydrogen-bond acceptors (Lipinski definition) is 4. The van der Waals surface area contributed by atoms with E-state index in [4.69, 9.17) is 17.0 Å².